The van der Waals surface area contributed by atoms with E-state index in [4.69, 9.17) is 0 Å². The molecule has 1 aromatic rings. The van der Waals surface area contributed by atoms with Crippen LogP contribution in [-0.2, 0) is 0 Å². The molecule has 0 saturated carbocycles. The lowest BCUT2D eigenvalue weighted by atomic mass is 9.92. The van der Waals surface area contributed by atoms with Gasteiger partial charge in [0.25, 0.3) is 0 Å². The second-order valence-electron chi connectivity index (χ2n) is 5.35. The Morgan fingerprint density at radius 2 is 1.61 bits per heavy atom. The van der Waals surface area contributed by atoms with E-state index >= 15 is 0 Å². The summed E-state index contributed by atoms with van der Waals surface area (Å²) in [7, 11) is 2.09. The van der Waals surface area contributed by atoms with E-state index in [-0.39, 0.29) is 0 Å². The Morgan fingerprint density at radius 1 is 1.00 bits per heavy atom. The summed E-state index contributed by atoms with van der Waals surface area (Å²) in [5, 5.41) is 3.49. The van der Waals surface area contributed by atoms with Crippen LogP contribution in [0, 0.1) is 13.8 Å². The van der Waals surface area contributed by atoms with Gasteiger partial charge in [-0.15, -0.1) is 0 Å². The summed E-state index contributed by atoms with van der Waals surface area (Å²) in [4.78, 5) is 0. The molecule has 0 aliphatic rings. The third-order valence-corrected chi connectivity index (χ3v) is 3.84. The molecule has 1 rings (SSSR count). The Labute approximate surface area is 113 Å². The quantitative estimate of drug-likeness (QED) is 0.643. The van der Waals surface area contributed by atoms with Crippen LogP contribution in [0.1, 0.15) is 68.2 Å². The van der Waals surface area contributed by atoms with Gasteiger partial charge in [-0.1, -0.05) is 57.2 Å². The van der Waals surface area contributed by atoms with Gasteiger partial charge in [-0.3, -0.25) is 0 Å². The van der Waals surface area contributed by atoms with E-state index in [1.165, 1.54) is 55.2 Å². The molecule has 0 fully saturated rings. The van der Waals surface area contributed by atoms with Crippen LogP contribution in [-0.4, -0.2) is 7.05 Å². The molecule has 18 heavy (non-hydrogen) atoms. The topological polar surface area (TPSA) is 12.0 Å². The van der Waals surface area contributed by atoms with Crippen molar-refractivity contribution in [2.45, 2.75) is 65.3 Å². The van der Waals surface area contributed by atoms with E-state index in [9.17, 15) is 0 Å². The minimum absolute atomic E-state index is 0.521. The van der Waals surface area contributed by atoms with Crippen molar-refractivity contribution in [2.75, 3.05) is 7.05 Å². The van der Waals surface area contributed by atoms with E-state index in [2.05, 4.69) is 51.3 Å². The van der Waals surface area contributed by atoms with E-state index in [0.29, 0.717) is 6.04 Å². The zero-order chi connectivity index (χ0) is 13.4. The number of unbranched alkanes of at least 4 members (excludes halogenated alkanes) is 4. The molecule has 1 atom stereocenters. The van der Waals surface area contributed by atoms with Gasteiger partial charge in [-0.05, 0) is 44.0 Å². The monoisotopic (exact) mass is 247 g/mol. The van der Waals surface area contributed by atoms with Gasteiger partial charge < -0.3 is 5.32 Å². The maximum atomic E-state index is 3.49. The molecule has 1 heteroatoms. The van der Waals surface area contributed by atoms with E-state index in [1.54, 1.807) is 0 Å². The Kier molecular flexibility index (Phi) is 7.04. The van der Waals surface area contributed by atoms with Gasteiger partial charge in [0.15, 0.2) is 0 Å². The van der Waals surface area contributed by atoms with Crippen molar-refractivity contribution in [1.82, 2.24) is 5.32 Å². The highest BCUT2D eigenvalue weighted by Gasteiger charge is 2.13. The number of benzene rings is 1. The van der Waals surface area contributed by atoms with Gasteiger partial charge in [0.05, 0.1) is 0 Å². The second kappa shape index (κ2) is 8.31. The zero-order valence-corrected chi connectivity index (χ0v) is 12.6. The molecule has 102 valence electrons. The zero-order valence-electron chi connectivity index (χ0n) is 12.6. The van der Waals surface area contributed by atoms with Crippen molar-refractivity contribution in [3.8, 4) is 0 Å². The summed E-state index contributed by atoms with van der Waals surface area (Å²) in [5.74, 6) is 0. The first-order chi connectivity index (χ1) is 8.70. The van der Waals surface area contributed by atoms with Crippen LogP contribution in [0.4, 0.5) is 0 Å². The Hall–Kier alpha value is -0.820. The molecule has 1 aromatic carbocycles. The van der Waals surface area contributed by atoms with Gasteiger partial charge in [0, 0.05) is 6.04 Å². The van der Waals surface area contributed by atoms with Crippen LogP contribution in [0.2, 0.25) is 0 Å². The summed E-state index contributed by atoms with van der Waals surface area (Å²) in [6.07, 6.45) is 8.06. The minimum atomic E-state index is 0.521. The van der Waals surface area contributed by atoms with Crippen LogP contribution < -0.4 is 5.32 Å². The van der Waals surface area contributed by atoms with Crippen molar-refractivity contribution >= 4 is 0 Å². The molecule has 1 N–H and O–H groups in total. The molecular weight excluding hydrogens is 218 g/mol. The molecule has 1 unspecified atom stereocenters. The lowest BCUT2D eigenvalue weighted by Crippen LogP contribution is -2.18. The first-order valence-corrected chi connectivity index (χ1v) is 7.44. The SMILES string of the molecule is CCCCCCCC(NC)c1c(C)cccc1C. The van der Waals surface area contributed by atoms with Gasteiger partial charge in [0.1, 0.15) is 0 Å². The van der Waals surface area contributed by atoms with Gasteiger partial charge in [0.2, 0.25) is 0 Å². The molecule has 0 spiro atoms. The molecule has 0 saturated heterocycles. The summed E-state index contributed by atoms with van der Waals surface area (Å²) in [6.45, 7) is 6.72. The van der Waals surface area contributed by atoms with Crippen molar-refractivity contribution in [1.29, 1.82) is 0 Å². The number of hydrogen-bond acceptors (Lipinski definition) is 1. The molecule has 0 bridgehead atoms. The molecule has 1 nitrogen and oxygen atoms in total. The van der Waals surface area contributed by atoms with Crippen molar-refractivity contribution in [2.24, 2.45) is 0 Å². The lowest BCUT2D eigenvalue weighted by Gasteiger charge is -2.21. The average Bonchev–Trinajstić information content (AvgIpc) is 2.36. The highest BCUT2D eigenvalue weighted by atomic mass is 14.9. The van der Waals surface area contributed by atoms with Crippen LogP contribution in [0.15, 0.2) is 18.2 Å². The maximum absolute atomic E-state index is 3.49. The molecule has 0 aliphatic carbocycles. The largest absolute Gasteiger partial charge is 0.313 e. The van der Waals surface area contributed by atoms with Gasteiger partial charge in [-0.25, -0.2) is 0 Å². The summed E-state index contributed by atoms with van der Waals surface area (Å²) < 4.78 is 0. The smallest absolute Gasteiger partial charge is 0.0322 e. The first-order valence-electron chi connectivity index (χ1n) is 7.44. The number of rotatable bonds is 8. The van der Waals surface area contributed by atoms with E-state index in [0.717, 1.165) is 0 Å². The summed E-state index contributed by atoms with van der Waals surface area (Å²) >= 11 is 0. The van der Waals surface area contributed by atoms with Crippen LogP contribution in [0.3, 0.4) is 0 Å². The fourth-order valence-corrected chi connectivity index (χ4v) is 2.76. The fraction of sp³-hybridized carbons (Fsp3) is 0.647. The Balaban J connectivity index is 2.55. The molecule has 0 amide bonds. The van der Waals surface area contributed by atoms with Crippen LogP contribution in [0.5, 0.6) is 0 Å². The molecule has 0 heterocycles. The third kappa shape index (κ3) is 4.45. The summed E-state index contributed by atoms with van der Waals surface area (Å²) in [6, 6.07) is 7.13. The van der Waals surface area contributed by atoms with Crippen molar-refractivity contribution in [3.05, 3.63) is 34.9 Å². The predicted octanol–water partition coefficient (Wildman–Crippen LogP) is 4.92. The molecule has 0 aromatic heterocycles. The summed E-state index contributed by atoms with van der Waals surface area (Å²) in [5.41, 5.74) is 4.35. The normalized spacial score (nSPS) is 12.7. The predicted molar refractivity (Wildman–Crippen MR) is 81.1 cm³/mol. The third-order valence-electron chi connectivity index (χ3n) is 3.84. The van der Waals surface area contributed by atoms with Crippen LogP contribution in [0.25, 0.3) is 0 Å². The average molecular weight is 247 g/mol. The Bertz CT molecular complexity index is 323. The highest BCUT2D eigenvalue weighted by molar-refractivity contribution is 5.36. The van der Waals surface area contributed by atoms with E-state index < -0.39 is 0 Å². The standard InChI is InChI=1S/C17H29N/c1-5-6-7-8-9-13-16(18-4)17-14(2)11-10-12-15(17)3/h10-12,16,18H,5-9,13H2,1-4H3. The van der Waals surface area contributed by atoms with Crippen LogP contribution >= 0.6 is 0 Å². The number of nitrogens with one attached hydrogen (secondary N) is 1. The maximum Gasteiger partial charge on any atom is 0.0322 e. The molecule has 0 radical (unpaired) electrons. The van der Waals surface area contributed by atoms with E-state index in [1.807, 2.05) is 0 Å². The fourth-order valence-electron chi connectivity index (χ4n) is 2.76. The van der Waals surface area contributed by atoms with Crippen molar-refractivity contribution in [3.63, 3.8) is 0 Å². The number of aryl methyl sites for hydroxylation is 2. The highest BCUT2D eigenvalue weighted by Crippen LogP contribution is 2.26. The Morgan fingerprint density at radius 3 is 2.17 bits per heavy atom. The minimum Gasteiger partial charge on any atom is -0.313 e. The second-order valence-corrected chi connectivity index (χ2v) is 5.35. The number of hydrogen-bond donors (Lipinski definition) is 1. The lowest BCUT2D eigenvalue weighted by molar-refractivity contribution is 0.497. The molecular formula is C17H29N. The van der Waals surface area contributed by atoms with Gasteiger partial charge in [-0.2, -0.15) is 0 Å². The first kappa shape index (κ1) is 15.2. The molecule has 0 aliphatic heterocycles. The van der Waals surface area contributed by atoms with Crippen molar-refractivity contribution < 1.29 is 0 Å². The van der Waals surface area contributed by atoms with Gasteiger partial charge >= 0.3 is 0 Å².